The second-order valence-electron chi connectivity index (χ2n) is 5.64. The summed E-state index contributed by atoms with van der Waals surface area (Å²) in [7, 11) is 1.73. The normalized spacial score (nSPS) is 26.6. The summed E-state index contributed by atoms with van der Waals surface area (Å²) >= 11 is 0. The van der Waals surface area contributed by atoms with Gasteiger partial charge in [0.1, 0.15) is 5.69 Å². The van der Waals surface area contributed by atoms with E-state index < -0.39 is 0 Å². The molecule has 1 aromatic rings. The molecular weight excluding hydrogens is 242 g/mol. The first-order valence-electron chi connectivity index (χ1n) is 6.98. The smallest absolute Gasteiger partial charge is 0.268 e. The summed E-state index contributed by atoms with van der Waals surface area (Å²) in [5.41, 5.74) is 7.17. The summed E-state index contributed by atoms with van der Waals surface area (Å²) in [5.74, 6) is -0.00893. The van der Waals surface area contributed by atoms with Crippen molar-refractivity contribution in [3.63, 3.8) is 0 Å². The first kappa shape index (κ1) is 12.5. The van der Waals surface area contributed by atoms with Crippen LogP contribution in [0.3, 0.4) is 0 Å². The van der Waals surface area contributed by atoms with Crippen LogP contribution in [0.15, 0.2) is 12.3 Å². The fourth-order valence-electron chi connectivity index (χ4n) is 2.88. The molecule has 1 aromatic heterocycles. The molecule has 2 fully saturated rings. The molecule has 104 valence electrons. The van der Waals surface area contributed by atoms with Gasteiger partial charge in [-0.15, -0.1) is 0 Å². The van der Waals surface area contributed by atoms with Crippen molar-refractivity contribution in [1.82, 2.24) is 9.88 Å². The molecule has 0 saturated heterocycles. The number of rotatable bonds is 4. The monoisotopic (exact) mass is 263 g/mol. The number of carbonyl (C=O) groups is 1. The van der Waals surface area contributed by atoms with Crippen LogP contribution in [0.25, 0.3) is 0 Å². The Labute approximate surface area is 113 Å². The van der Waals surface area contributed by atoms with Crippen LogP contribution in [0, 0.1) is 0 Å². The van der Waals surface area contributed by atoms with Crippen molar-refractivity contribution in [3.8, 4) is 0 Å². The fraction of sp³-hybridized carbons (Fsp3) is 0.643. The Bertz CT molecular complexity index is 479. The van der Waals surface area contributed by atoms with E-state index in [4.69, 9.17) is 10.5 Å². The molecule has 2 unspecified atom stereocenters. The molecule has 0 spiro atoms. The molecule has 1 heterocycles. The van der Waals surface area contributed by atoms with E-state index in [9.17, 15) is 4.79 Å². The molecular formula is C14H21N3O2. The molecule has 19 heavy (non-hydrogen) atoms. The molecule has 2 aliphatic carbocycles. The number of methoxy groups -OCH3 is 1. The molecule has 0 bridgehead atoms. The van der Waals surface area contributed by atoms with E-state index >= 15 is 0 Å². The standard InChI is InChI=1S/C14H21N3O2/c1-19-12-5-2-10(7-12)16-14(18)13-6-9(15)8-17(13)11-3-4-11/h6,8,10-12H,2-5,7,15H2,1H3,(H,16,18). The van der Waals surface area contributed by atoms with Crippen LogP contribution in [0.5, 0.6) is 0 Å². The zero-order chi connectivity index (χ0) is 13.4. The number of anilines is 1. The van der Waals surface area contributed by atoms with Crippen LogP contribution in [0.1, 0.15) is 48.6 Å². The van der Waals surface area contributed by atoms with E-state index in [2.05, 4.69) is 5.32 Å². The van der Waals surface area contributed by atoms with Gasteiger partial charge < -0.3 is 20.4 Å². The Morgan fingerprint density at radius 1 is 1.42 bits per heavy atom. The zero-order valence-corrected chi connectivity index (χ0v) is 11.3. The summed E-state index contributed by atoms with van der Waals surface area (Å²) in [6.45, 7) is 0. The molecule has 3 rings (SSSR count). The summed E-state index contributed by atoms with van der Waals surface area (Å²) in [4.78, 5) is 12.3. The highest BCUT2D eigenvalue weighted by atomic mass is 16.5. The maximum Gasteiger partial charge on any atom is 0.268 e. The van der Waals surface area contributed by atoms with Gasteiger partial charge in [-0.3, -0.25) is 4.79 Å². The van der Waals surface area contributed by atoms with Crippen molar-refractivity contribution in [2.45, 2.75) is 50.3 Å². The van der Waals surface area contributed by atoms with Gasteiger partial charge in [-0.25, -0.2) is 0 Å². The summed E-state index contributed by atoms with van der Waals surface area (Å²) < 4.78 is 7.35. The first-order valence-corrected chi connectivity index (χ1v) is 6.98. The van der Waals surface area contributed by atoms with E-state index in [1.807, 2.05) is 10.8 Å². The van der Waals surface area contributed by atoms with Gasteiger partial charge in [0.25, 0.3) is 5.91 Å². The Balaban J connectivity index is 1.67. The third-order valence-electron chi connectivity index (χ3n) is 4.10. The number of ether oxygens (including phenoxy) is 1. The van der Waals surface area contributed by atoms with Gasteiger partial charge in [0.05, 0.1) is 11.8 Å². The van der Waals surface area contributed by atoms with E-state index in [1.165, 1.54) is 0 Å². The number of aromatic nitrogens is 1. The maximum absolute atomic E-state index is 12.3. The number of carbonyl (C=O) groups excluding carboxylic acids is 1. The van der Waals surface area contributed by atoms with E-state index in [0.717, 1.165) is 32.1 Å². The van der Waals surface area contributed by atoms with Crippen molar-refractivity contribution in [3.05, 3.63) is 18.0 Å². The van der Waals surface area contributed by atoms with Gasteiger partial charge >= 0.3 is 0 Å². The Kier molecular flexibility index (Phi) is 3.22. The molecule has 1 amide bonds. The Morgan fingerprint density at radius 3 is 2.84 bits per heavy atom. The zero-order valence-electron chi connectivity index (χ0n) is 11.3. The largest absolute Gasteiger partial charge is 0.397 e. The number of hydrogen-bond acceptors (Lipinski definition) is 3. The lowest BCUT2D eigenvalue weighted by Crippen LogP contribution is -2.34. The van der Waals surface area contributed by atoms with Crippen LogP contribution in [-0.4, -0.2) is 29.7 Å². The van der Waals surface area contributed by atoms with Crippen LogP contribution in [-0.2, 0) is 4.74 Å². The quantitative estimate of drug-likeness (QED) is 0.868. The molecule has 5 nitrogen and oxygen atoms in total. The lowest BCUT2D eigenvalue weighted by Gasteiger charge is -2.14. The van der Waals surface area contributed by atoms with Gasteiger partial charge in [0, 0.05) is 25.4 Å². The lowest BCUT2D eigenvalue weighted by molar-refractivity contribution is 0.0906. The van der Waals surface area contributed by atoms with Crippen molar-refractivity contribution in [1.29, 1.82) is 0 Å². The average Bonchev–Trinajstić information content (AvgIpc) is 3.01. The number of amides is 1. The topological polar surface area (TPSA) is 69.3 Å². The van der Waals surface area contributed by atoms with E-state index in [-0.39, 0.29) is 18.1 Å². The van der Waals surface area contributed by atoms with Crippen molar-refractivity contribution >= 4 is 11.6 Å². The summed E-state index contributed by atoms with van der Waals surface area (Å²) in [6.07, 6.45) is 7.36. The first-order chi connectivity index (χ1) is 9.17. The molecule has 2 saturated carbocycles. The third kappa shape index (κ3) is 2.61. The predicted molar refractivity (Wildman–Crippen MR) is 73.0 cm³/mol. The minimum absolute atomic E-state index is 0.00893. The van der Waals surface area contributed by atoms with Crippen LogP contribution >= 0.6 is 0 Å². The molecule has 0 radical (unpaired) electrons. The highest BCUT2D eigenvalue weighted by molar-refractivity contribution is 5.94. The lowest BCUT2D eigenvalue weighted by atomic mass is 10.2. The second kappa shape index (κ2) is 4.89. The van der Waals surface area contributed by atoms with Crippen molar-refractivity contribution in [2.75, 3.05) is 12.8 Å². The number of nitrogen functional groups attached to an aromatic ring is 1. The minimum Gasteiger partial charge on any atom is -0.397 e. The van der Waals surface area contributed by atoms with Crippen LogP contribution in [0.2, 0.25) is 0 Å². The Hall–Kier alpha value is -1.49. The minimum atomic E-state index is -0.00893. The summed E-state index contributed by atoms with van der Waals surface area (Å²) in [6, 6.07) is 2.46. The van der Waals surface area contributed by atoms with Crippen LogP contribution in [0.4, 0.5) is 5.69 Å². The molecule has 5 heteroatoms. The molecule has 2 atom stereocenters. The SMILES string of the molecule is COC1CCC(NC(=O)c2cc(N)cn2C2CC2)C1. The number of nitrogens with zero attached hydrogens (tertiary/aromatic N) is 1. The van der Waals surface area contributed by atoms with Gasteiger partial charge in [-0.05, 0) is 38.2 Å². The number of nitrogens with one attached hydrogen (secondary N) is 1. The molecule has 3 N–H and O–H groups in total. The highest BCUT2D eigenvalue weighted by Crippen LogP contribution is 2.37. The molecule has 0 aromatic carbocycles. The van der Waals surface area contributed by atoms with E-state index in [0.29, 0.717) is 17.4 Å². The third-order valence-corrected chi connectivity index (χ3v) is 4.10. The van der Waals surface area contributed by atoms with Gasteiger partial charge in [0.2, 0.25) is 0 Å². The highest BCUT2D eigenvalue weighted by Gasteiger charge is 2.30. The molecule has 2 aliphatic rings. The molecule has 0 aliphatic heterocycles. The Morgan fingerprint density at radius 2 is 2.21 bits per heavy atom. The predicted octanol–water partition coefficient (Wildman–Crippen LogP) is 1.70. The second-order valence-corrected chi connectivity index (χ2v) is 5.64. The summed E-state index contributed by atoms with van der Waals surface area (Å²) in [5, 5.41) is 3.10. The number of nitrogens with two attached hydrogens (primary N) is 1. The van der Waals surface area contributed by atoms with Gasteiger partial charge in [-0.1, -0.05) is 0 Å². The number of hydrogen-bond donors (Lipinski definition) is 2. The fourth-order valence-corrected chi connectivity index (χ4v) is 2.88. The average molecular weight is 263 g/mol. The maximum atomic E-state index is 12.3. The van der Waals surface area contributed by atoms with Gasteiger partial charge in [0.15, 0.2) is 0 Å². The van der Waals surface area contributed by atoms with Crippen LogP contribution < -0.4 is 11.1 Å². The van der Waals surface area contributed by atoms with Crippen molar-refractivity contribution < 1.29 is 9.53 Å². The van der Waals surface area contributed by atoms with Crippen molar-refractivity contribution in [2.24, 2.45) is 0 Å². The van der Waals surface area contributed by atoms with Gasteiger partial charge in [-0.2, -0.15) is 0 Å². The van der Waals surface area contributed by atoms with E-state index in [1.54, 1.807) is 13.2 Å².